The van der Waals surface area contributed by atoms with Gasteiger partial charge in [0.15, 0.2) is 0 Å². The first-order chi connectivity index (χ1) is 29.7. The summed E-state index contributed by atoms with van der Waals surface area (Å²) in [6.07, 6.45) is 66.6. The number of rotatable bonds is 55. The van der Waals surface area contributed by atoms with Crippen LogP contribution in [-0.4, -0.2) is 28.6 Å². The van der Waals surface area contributed by atoms with E-state index in [1.54, 1.807) is 0 Å². The monoisotopic (exact) mass is 863 g/mol. The van der Waals surface area contributed by atoms with Gasteiger partial charge in [-0.15, -0.1) is 0 Å². The van der Waals surface area contributed by atoms with E-state index in [1.165, 1.54) is 289 Å². The van der Waals surface area contributed by atoms with Crippen LogP contribution in [0.15, 0.2) is 12.3 Å². The van der Waals surface area contributed by atoms with Gasteiger partial charge in [-0.3, -0.25) is 0 Å². The molecule has 0 aliphatic rings. The first-order valence-corrected chi connectivity index (χ1v) is 30.1. The number of unbranched alkanes of at least 4 members (excludes halogenated alkanes) is 45. The standard InChI is InChI=1S/C56H114O3Si/c1-5-9-12-15-18-21-24-27-30-33-36-39-42-45-48-51-54-57-60(8-4,58-55-52-49-46-43-40-37-34-31-28-25-22-19-16-13-10-6-2)59-56-53-50-47-44-41-38-35-32-29-26-23-20-17-14-11-7-3/h8H,4-7,9-56H2,1-3H3. The molecule has 0 N–H and O–H groups in total. The zero-order valence-electron chi connectivity index (χ0n) is 42.1. The molecule has 0 aromatic heterocycles. The summed E-state index contributed by atoms with van der Waals surface area (Å²) < 4.78 is 19.6. The van der Waals surface area contributed by atoms with Crippen molar-refractivity contribution in [2.75, 3.05) is 19.8 Å². The van der Waals surface area contributed by atoms with E-state index >= 15 is 0 Å². The predicted molar refractivity (Wildman–Crippen MR) is 272 cm³/mol. The van der Waals surface area contributed by atoms with Crippen LogP contribution in [0, 0.1) is 0 Å². The van der Waals surface area contributed by atoms with Gasteiger partial charge in [-0.25, -0.2) is 0 Å². The van der Waals surface area contributed by atoms with Crippen molar-refractivity contribution >= 4 is 8.80 Å². The van der Waals surface area contributed by atoms with Gasteiger partial charge in [0.1, 0.15) is 0 Å². The van der Waals surface area contributed by atoms with Crippen LogP contribution in [0.25, 0.3) is 0 Å². The van der Waals surface area contributed by atoms with Crippen LogP contribution in [0.3, 0.4) is 0 Å². The van der Waals surface area contributed by atoms with Crippen molar-refractivity contribution in [3.8, 4) is 0 Å². The Kier molecular flexibility index (Phi) is 53.0. The van der Waals surface area contributed by atoms with Gasteiger partial charge in [-0.05, 0) is 25.0 Å². The van der Waals surface area contributed by atoms with Crippen LogP contribution in [0.2, 0.25) is 0 Å². The van der Waals surface area contributed by atoms with Crippen molar-refractivity contribution < 1.29 is 13.3 Å². The Balaban J connectivity index is 4.20. The topological polar surface area (TPSA) is 27.7 Å². The molecule has 0 aliphatic heterocycles. The summed E-state index contributed by atoms with van der Waals surface area (Å²) in [5.74, 6) is 0. The molecule has 0 unspecified atom stereocenters. The van der Waals surface area contributed by atoms with Crippen LogP contribution in [0.5, 0.6) is 0 Å². The molecule has 4 heteroatoms. The summed E-state index contributed by atoms with van der Waals surface area (Å²) in [6.45, 7) is 13.4. The summed E-state index contributed by atoms with van der Waals surface area (Å²) in [6, 6.07) is 0. The normalized spacial score (nSPS) is 11.9. The Morgan fingerprint density at radius 2 is 0.367 bits per heavy atom. The lowest BCUT2D eigenvalue weighted by molar-refractivity contribution is 0.0673. The number of hydrogen-bond acceptors (Lipinski definition) is 3. The molecule has 0 atom stereocenters. The average molecular weight is 864 g/mol. The minimum atomic E-state index is -2.83. The average Bonchev–Trinajstić information content (AvgIpc) is 3.26. The van der Waals surface area contributed by atoms with Crippen molar-refractivity contribution in [2.24, 2.45) is 0 Å². The third-order valence-corrected chi connectivity index (χ3v) is 15.5. The molecule has 0 spiro atoms. The summed E-state index contributed by atoms with van der Waals surface area (Å²) in [5.41, 5.74) is 1.93. The fourth-order valence-electron chi connectivity index (χ4n) is 8.90. The lowest BCUT2D eigenvalue weighted by Gasteiger charge is -2.27. The van der Waals surface area contributed by atoms with E-state index in [0.717, 1.165) is 39.1 Å². The van der Waals surface area contributed by atoms with Crippen molar-refractivity contribution in [1.29, 1.82) is 0 Å². The lowest BCUT2D eigenvalue weighted by Crippen LogP contribution is -2.45. The highest BCUT2D eigenvalue weighted by Crippen LogP contribution is 2.20. The lowest BCUT2D eigenvalue weighted by atomic mass is 10.0. The Hall–Kier alpha value is -0.163. The molecule has 0 rings (SSSR count). The smallest absolute Gasteiger partial charge is 0.370 e. The zero-order chi connectivity index (χ0) is 43.4. The Labute approximate surface area is 381 Å². The maximum absolute atomic E-state index is 6.53. The molecule has 0 saturated carbocycles. The first-order valence-electron chi connectivity index (χ1n) is 28.3. The minimum absolute atomic E-state index is 0.745. The zero-order valence-corrected chi connectivity index (χ0v) is 43.1. The first kappa shape index (κ1) is 59.8. The van der Waals surface area contributed by atoms with E-state index in [2.05, 4.69) is 27.4 Å². The van der Waals surface area contributed by atoms with Gasteiger partial charge < -0.3 is 13.3 Å². The van der Waals surface area contributed by atoms with Gasteiger partial charge in [0, 0.05) is 19.8 Å². The molecule has 0 heterocycles. The quantitative estimate of drug-likeness (QED) is 0.0450. The highest BCUT2D eigenvalue weighted by molar-refractivity contribution is 6.66. The molecule has 360 valence electrons. The van der Waals surface area contributed by atoms with Crippen LogP contribution < -0.4 is 0 Å². The molecule has 0 aliphatic carbocycles. The molecule has 0 fully saturated rings. The van der Waals surface area contributed by atoms with Crippen molar-refractivity contribution in [3.05, 3.63) is 12.3 Å². The second-order valence-electron chi connectivity index (χ2n) is 19.3. The van der Waals surface area contributed by atoms with E-state index in [4.69, 9.17) is 13.3 Å². The van der Waals surface area contributed by atoms with Crippen LogP contribution in [0.1, 0.15) is 329 Å². The Bertz CT molecular complexity index is 680. The highest BCUT2D eigenvalue weighted by Gasteiger charge is 2.37. The third kappa shape index (κ3) is 47.3. The molecule has 0 bridgehead atoms. The molecule has 0 aromatic carbocycles. The SMILES string of the molecule is C=C[Si](OCCCCCCCCCCCCCCCCCC)(OCCCCCCCCCCCCCCCCCC)OCCCCCCCCCCCCCCCCCC. The van der Waals surface area contributed by atoms with E-state index < -0.39 is 8.80 Å². The highest BCUT2D eigenvalue weighted by atomic mass is 28.4. The second kappa shape index (κ2) is 53.2. The molecule has 0 radical (unpaired) electrons. The molecule has 3 nitrogen and oxygen atoms in total. The van der Waals surface area contributed by atoms with E-state index in [1.807, 2.05) is 5.70 Å². The Morgan fingerprint density at radius 1 is 0.233 bits per heavy atom. The maximum Gasteiger partial charge on any atom is 0.529 e. The molecular weight excluding hydrogens is 749 g/mol. The summed E-state index contributed by atoms with van der Waals surface area (Å²) >= 11 is 0. The largest absolute Gasteiger partial charge is 0.529 e. The maximum atomic E-state index is 6.53. The second-order valence-corrected chi connectivity index (χ2v) is 21.7. The Morgan fingerprint density at radius 3 is 0.500 bits per heavy atom. The fourth-order valence-corrected chi connectivity index (χ4v) is 10.8. The van der Waals surface area contributed by atoms with E-state index in [-0.39, 0.29) is 0 Å². The van der Waals surface area contributed by atoms with Crippen molar-refractivity contribution in [2.45, 2.75) is 329 Å². The van der Waals surface area contributed by atoms with Gasteiger partial charge >= 0.3 is 8.80 Å². The van der Waals surface area contributed by atoms with Crippen LogP contribution in [-0.2, 0) is 13.3 Å². The van der Waals surface area contributed by atoms with Gasteiger partial charge in [0.05, 0.1) is 0 Å². The number of hydrogen-bond donors (Lipinski definition) is 0. The van der Waals surface area contributed by atoms with Crippen molar-refractivity contribution in [3.63, 3.8) is 0 Å². The van der Waals surface area contributed by atoms with Crippen molar-refractivity contribution in [1.82, 2.24) is 0 Å². The van der Waals surface area contributed by atoms with Gasteiger partial charge in [0.25, 0.3) is 0 Å². The van der Waals surface area contributed by atoms with E-state index in [0.29, 0.717) is 0 Å². The predicted octanol–water partition coefficient (Wildman–Crippen LogP) is 20.5. The van der Waals surface area contributed by atoms with Crippen LogP contribution in [0.4, 0.5) is 0 Å². The summed E-state index contributed by atoms with van der Waals surface area (Å²) in [4.78, 5) is 0. The van der Waals surface area contributed by atoms with Gasteiger partial charge in [-0.2, -0.15) is 0 Å². The summed E-state index contributed by atoms with van der Waals surface area (Å²) in [7, 11) is -2.83. The molecule has 0 amide bonds. The summed E-state index contributed by atoms with van der Waals surface area (Å²) in [5, 5.41) is 0. The molecular formula is C56H114O3Si. The van der Waals surface area contributed by atoms with Crippen LogP contribution >= 0.6 is 0 Å². The fraction of sp³-hybridized carbons (Fsp3) is 0.964. The van der Waals surface area contributed by atoms with Gasteiger partial charge in [0.2, 0.25) is 0 Å². The molecule has 60 heavy (non-hydrogen) atoms. The third-order valence-electron chi connectivity index (χ3n) is 13.2. The van der Waals surface area contributed by atoms with E-state index in [9.17, 15) is 0 Å². The minimum Gasteiger partial charge on any atom is -0.370 e. The van der Waals surface area contributed by atoms with Gasteiger partial charge in [-0.1, -0.05) is 316 Å². The molecule has 0 saturated heterocycles. The molecule has 0 aromatic rings.